The van der Waals surface area contributed by atoms with E-state index in [1.165, 1.54) is 28.4 Å². The highest BCUT2D eigenvalue weighted by Crippen LogP contribution is 2.45. The van der Waals surface area contributed by atoms with Crippen LogP contribution in [0.2, 0.25) is 0 Å². The molecule has 10 nitrogen and oxygen atoms in total. The number of fused-ring (bicyclic) bond motifs is 3. The maximum Gasteiger partial charge on any atom is 0.416 e. The number of hydrogen-bond donors (Lipinski definition) is 3. The number of carbonyl (C=O) groups is 3. The van der Waals surface area contributed by atoms with E-state index in [4.69, 9.17) is 9.47 Å². The van der Waals surface area contributed by atoms with E-state index in [0.29, 0.717) is 35.7 Å². The SMILES string of the molecule is COc1ccc2nc(O[C@@H]3C[C@H]4C(=O)N[C@]5(C(=O)O)C[C@@H]5/C=C\CCCCC[C@H](Nc5cccc(C(F)(F)F)c5)C(=O)N4C3)sc2c1. The van der Waals surface area contributed by atoms with E-state index in [1.807, 2.05) is 18.2 Å². The van der Waals surface area contributed by atoms with Crippen molar-refractivity contribution in [2.24, 2.45) is 5.92 Å². The number of amides is 2. The Bertz CT molecular complexity index is 1700. The summed E-state index contributed by atoms with van der Waals surface area (Å²) in [6.45, 7) is 0.000337. The highest BCUT2D eigenvalue weighted by Gasteiger charge is 2.61. The second-order valence-corrected chi connectivity index (χ2v) is 13.2. The van der Waals surface area contributed by atoms with Gasteiger partial charge in [0.1, 0.15) is 29.5 Å². The van der Waals surface area contributed by atoms with Crippen molar-refractivity contribution >= 4 is 45.0 Å². The fourth-order valence-electron chi connectivity index (χ4n) is 6.34. The molecule has 3 heterocycles. The highest BCUT2D eigenvalue weighted by molar-refractivity contribution is 7.20. The number of carboxylic acids is 1. The molecule has 2 aromatic carbocycles. The molecule has 3 N–H and O–H groups in total. The number of thiazole rings is 1. The van der Waals surface area contributed by atoms with E-state index in [2.05, 4.69) is 15.6 Å². The zero-order valence-corrected chi connectivity index (χ0v) is 26.4. The molecule has 47 heavy (non-hydrogen) atoms. The maximum absolute atomic E-state index is 14.3. The Balaban J connectivity index is 1.29. The molecular weight excluding hydrogens is 637 g/mol. The van der Waals surface area contributed by atoms with Crippen LogP contribution in [-0.4, -0.2) is 70.2 Å². The van der Waals surface area contributed by atoms with E-state index in [1.54, 1.807) is 19.2 Å². The molecule has 0 unspecified atom stereocenters. The average Bonchev–Trinajstić information content (AvgIpc) is 3.35. The van der Waals surface area contributed by atoms with E-state index >= 15 is 0 Å². The number of aromatic nitrogens is 1. The number of aliphatic carboxylic acids is 1. The summed E-state index contributed by atoms with van der Waals surface area (Å²) in [5, 5.41) is 16.1. The zero-order chi connectivity index (χ0) is 33.3. The van der Waals surface area contributed by atoms with E-state index in [-0.39, 0.29) is 31.0 Å². The number of benzene rings is 2. The third kappa shape index (κ3) is 7.02. The van der Waals surface area contributed by atoms with Crippen LogP contribution in [0.25, 0.3) is 10.2 Å². The molecule has 0 bridgehead atoms. The van der Waals surface area contributed by atoms with Gasteiger partial charge >= 0.3 is 12.1 Å². The molecule has 5 atom stereocenters. The van der Waals surface area contributed by atoms with Gasteiger partial charge in [-0.25, -0.2) is 9.78 Å². The van der Waals surface area contributed by atoms with Gasteiger partial charge in [-0.3, -0.25) is 9.59 Å². The summed E-state index contributed by atoms with van der Waals surface area (Å²) in [5.74, 6) is -1.97. The predicted molar refractivity (Wildman–Crippen MR) is 168 cm³/mol. The molecule has 3 aromatic rings. The predicted octanol–water partition coefficient (Wildman–Crippen LogP) is 5.63. The molecule has 1 aliphatic carbocycles. The lowest BCUT2D eigenvalue weighted by Gasteiger charge is -2.30. The number of ether oxygens (including phenoxy) is 2. The quantitative estimate of drug-likeness (QED) is 0.288. The maximum atomic E-state index is 14.3. The number of alkyl halides is 3. The minimum Gasteiger partial charge on any atom is -0.497 e. The van der Waals surface area contributed by atoms with E-state index in [9.17, 15) is 32.7 Å². The summed E-state index contributed by atoms with van der Waals surface area (Å²) < 4.78 is 52.8. The molecule has 250 valence electrons. The number of nitrogens with zero attached hydrogens (tertiary/aromatic N) is 2. The van der Waals surface area contributed by atoms with Crippen molar-refractivity contribution in [3.05, 3.63) is 60.2 Å². The Labute approximate surface area is 272 Å². The monoisotopic (exact) mass is 672 g/mol. The zero-order valence-electron chi connectivity index (χ0n) is 25.6. The van der Waals surface area contributed by atoms with Crippen molar-refractivity contribution in [3.63, 3.8) is 0 Å². The van der Waals surface area contributed by atoms with Crippen LogP contribution in [0.5, 0.6) is 10.9 Å². The van der Waals surface area contributed by atoms with Crippen molar-refractivity contribution in [3.8, 4) is 10.9 Å². The molecule has 0 spiro atoms. The number of carbonyl (C=O) groups excluding carboxylic acids is 2. The molecule has 2 amide bonds. The number of allylic oxidation sites excluding steroid dienone is 1. The second kappa shape index (κ2) is 13.1. The summed E-state index contributed by atoms with van der Waals surface area (Å²) in [6.07, 6.45) is 2.01. The second-order valence-electron chi connectivity index (χ2n) is 12.2. The first kappa shape index (κ1) is 32.6. The standard InChI is InChI=1S/C33H35F3N4O6S/c1-45-22-12-13-24-27(16-22)47-31(38-24)46-23-15-26-28(41)39-32(30(43)44)17-20(32)8-5-3-2-4-6-11-25(29(42)40(26)18-23)37-21-10-7-9-19(14-21)33(34,35)36/h5,7-10,12-14,16,20,23,25-26,37H,2-4,6,11,15,17-18H2,1H3,(H,39,41)(H,43,44)/b8-5-/t20-,23+,25-,26-,32+/m0/s1. The number of rotatable bonds is 6. The van der Waals surface area contributed by atoms with Gasteiger partial charge in [-0.1, -0.05) is 42.4 Å². The van der Waals surface area contributed by atoms with Crippen LogP contribution in [0.1, 0.15) is 50.5 Å². The molecule has 1 saturated heterocycles. The highest BCUT2D eigenvalue weighted by atomic mass is 32.1. The molecule has 3 aliphatic rings. The van der Waals surface area contributed by atoms with Crippen LogP contribution >= 0.6 is 11.3 Å². The molecule has 0 radical (unpaired) electrons. The number of anilines is 1. The van der Waals surface area contributed by atoms with Crippen molar-refractivity contribution in [1.29, 1.82) is 0 Å². The minimum absolute atomic E-state index is 0.000337. The molecule has 2 aliphatic heterocycles. The number of hydrogen-bond acceptors (Lipinski definition) is 8. The lowest BCUT2D eigenvalue weighted by atomic mass is 10.0. The number of methoxy groups -OCH3 is 1. The first-order chi connectivity index (χ1) is 22.5. The Morgan fingerprint density at radius 3 is 2.77 bits per heavy atom. The number of nitrogens with one attached hydrogen (secondary N) is 2. The summed E-state index contributed by atoms with van der Waals surface area (Å²) in [6, 6.07) is 8.04. The van der Waals surface area contributed by atoms with Gasteiger partial charge in [0.25, 0.3) is 5.19 Å². The van der Waals surface area contributed by atoms with E-state index in [0.717, 1.165) is 29.7 Å². The largest absolute Gasteiger partial charge is 0.497 e. The Kier molecular flexibility index (Phi) is 9.05. The Morgan fingerprint density at radius 1 is 1.17 bits per heavy atom. The van der Waals surface area contributed by atoms with Crippen LogP contribution in [0, 0.1) is 5.92 Å². The molecule has 1 saturated carbocycles. The van der Waals surface area contributed by atoms with Crippen molar-refractivity contribution in [2.75, 3.05) is 19.0 Å². The fourth-order valence-corrected chi connectivity index (χ4v) is 7.25. The van der Waals surface area contributed by atoms with Gasteiger partial charge in [0.2, 0.25) is 11.8 Å². The summed E-state index contributed by atoms with van der Waals surface area (Å²) in [7, 11) is 1.56. The van der Waals surface area contributed by atoms with Crippen molar-refractivity contribution < 1.29 is 42.1 Å². The first-order valence-corrected chi connectivity index (χ1v) is 16.4. The minimum atomic E-state index is -4.56. The topological polar surface area (TPSA) is 130 Å². The van der Waals surface area contributed by atoms with Gasteiger partial charge in [-0.15, -0.1) is 0 Å². The molecular formula is C33H35F3N4O6S. The van der Waals surface area contributed by atoms with Crippen molar-refractivity contribution in [2.45, 2.75) is 74.8 Å². The van der Waals surface area contributed by atoms with Gasteiger partial charge in [-0.05, 0) is 62.1 Å². The summed E-state index contributed by atoms with van der Waals surface area (Å²) in [5.41, 5.74) is -1.50. The third-order valence-corrected chi connectivity index (χ3v) is 9.90. The molecule has 14 heteroatoms. The van der Waals surface area contributed by atoms with Crippen LogP contribution < -0.4 is 20.1 Å². The van der Waals surface area contributed by atoms with Crippen LogP contribution in [0.4, 0.5) is 18.9 Å². The van der Waals surface area contributed by atoms with Gasteiger partial charge in [0.15, 0.2) is 0 Å². The van der Waals surface area contributed by atoms with Gasteiger partial charge < -0.3 is 30.1 Å². The van der Waals surface area contributed by atoms with Crippen LogP contribution in [-0.2, 0) is 20.6 Å². The smallest absolute Gasteiger partial charge is 0.416 e. The number of halogens is 3. The number of carboxylic acid groups (broad SMARTS) is 1. The lowest BCUT2D eigenvalue weighted by molar-refractivity contribution is -0.145. The summed E-state index contributed by atoms with van der Waals surface area (Å²) >= 11 is 1.28. The van der Waals surface area contributed by atoms with Crippen LogP contribution in [0.3, 0.4) is 0 Å². The lowest BCUT2D eigenvalue weighted by Crippen LogP contribution is -2.55. The fraction of sp³-hybridized carbons (Fsp3) is 0.455. The summed E-state index contributed by atoms with van der Waals surface area (Å²) in [4.78, 5) is 46.3. The van der Waals surface area contributed by atoms with Crippen LogP contribution in [0.15, 0.2) is 54.6 Å². The Hall–Kier alpha value is -4.33. The molecule has 2 fully saturated rings. The van der Waals surface area contributed by atoms with E-state index < -0.39 is 53.2 Å². The molecule has 6 rings (SSSR count). The van der Waals surface area contributed by atoms with Gasteiger partial charge in [0.05, 0.1) is 29.4 Å². The van der Waals surface area contributed by atoms with Gasteiger partial charge in [-0.2, -0.15) is 13.2 Å². The third-order valence-electron chi connectivity index (χ3n) is 9.00. The normalized spacial score (nSPS) is 27.5. The first-order valence-electron chi connectivity index (χ1n) is 15.5. The van der Waals surface area contributed by atoms with Crippen molar-refractivity contribution in [1.82, 2.24) is 15.2 Å². The Morgan fingerprint density at radius 2 is 2.00 bits per heavy atom. The van der Waals surface area contributed by atoms with Gasteiger partial charge in [0, 0.05) is 18.0 Å². The molecule has 1 aromatic heterocycles. The average molecular weight is 673 g/mol.